The summed E-state index contributed by atoms with van der Waals surface area (Å²) in [5, 5.41) is 3.53. The van der Waals surface area contributed by atoms with Crippen LogP contribution >= 0.6 is 0 Å². The molecule has 148 valence electrons. The third-order valence-corrected chi connectivity index (χ3v) is 4.45. The van der Waals surface area contributed by atoms with E-state index >= 15 is 0 Å². The third kappa shape index (κ3) is 4.16. The second-order valence-corrected chi connectivity index (χ2v) is 6.22. The van der Waals surface area contributed by atoms with Gasteiger partial charge < -0.3 is 23.9 Å². The van der Waals surface area contributed by atoms with Crippen molar-refractivity contribution < 1.29 is 23.4 Å². The highest BCUT2D eigenvalue weighted by atomic mass is 16.5. The van der Waals surface area contributed by atoms with Crippen molar-refractivity contribution in [3.05, 3.63) is 41.4 Å². The molecule has 0 saturated carbocycles. The molecule has 2 heterocycles. The van der Waals surface area contributed by atoms with Crippen molar-refractivity contribution in [3.63, 3.8) is 0 Å². The van der Waals surface area contributed by atoms with E-state index in [4.69, 9.17) is 18.6 Å². The predicted octanol–water partition coefficient (Wildman–Crippen LogP) is 2.59. The summed E-state index contributed by atoms with van der Waals surface area (Å²) in [6.07, 6.45) is 2.01. The third-order valence-electron chi connectivity index (χ3n) is 4.45. The van der Waals surface area contributed by atoms with Crippen LogP contribution in [0, 0.1) is 13.8 Å². The van der Waals surface area contributed by atoms with Crippen LogP contribution in [-0.2, 0) is 11.2 Å². The predicted molar refractivity (Wildman–Crippen MR) is 103 cm³/mol. The topological polar surface area (TPSA) is 95.7 Å². The van der Waals surface area contributed by atoms with Crippen molar-refractivity contribution in [2.45, 2.75) is 20.3 Å². The Labute approximate surface area is 162 Å². The molecular weight excluding hydrogens is 362 g/mol. The van der Waals surface area contributed by atoms with Crippen LogP contribution < -0.4 is 19.5 Å². The second-order valence-electron chi connectivity index (χ2n) is 6.22. The number of benzene rings is 1. The molecule has 1 N–H and O–H groups in total. The zero-order valence-corrected chi connectivity index (χ0v) is 16.4. The van der Waals surface area contributed by atoms with Crippen molar-refractivity contribution in [2.24, 2.45) is 0 Å². The van der Waals surface area contributed by atoms with Gasteiger partial charge in [0.05, 0.1) is 14.2 Å². The minimum atomic E-state index is -0.231. The van der Waals surface area contributed by atoms with E-state index in [2.05, 4.69) is 15.3 Å². The molecule has 0 atom stereocenters. The minimum absolute atomic E-state index is 0.137. The number of aryl methyl sites for hydroxylation is 2. The van der Waals surface area contributed by atoms with E-state index < -0.39 is 0 Å². The summed E-state index contributed by atoms with van der Waals surface area (Å²) < 4.78 is 21.6. The molecule has 3 rings (SSSR count). The molecule has 0 aliphatic carbocycles. The van der Waals surface area contributed by atoms with Crippen molar-refractivity contribution in [2.75, 3.05) is 27.4 Å². The second kappa shape index (κ2) is 8.60. The van der Waals surface area contributed by atoms with E-state index in [-0.39, 0.29) is 12.5 Å². The summed E-state index contributed by atoms with van der Waals surface area (Å²) in [6, 6.07) is 5.67. The van der Waals surface area contributed by atoms with E-state index in [0.717, 1.165) is 16.9 Å². The van der Waals surface area contributed by atoms with Crippen LogP contribution in [-0.4, -0.2) is 43.2 Å². The highest BCUT2D eigenvalue weighted by Crippen LogP contribution is 2.29. The number of amides is 1. The van der Waals surface area contributed by atoms with Gasteiger partial charge in [0, 0.05) is 12.1 Å². The normalized spacial score (nSPS) is 10.7. The minimum Gasteiger partial charge on any atom is -0.493 e. The van der Waals surface area contributed by atoms with E-state index in [1.165, 1.54) is 6.33 Å². The summed E-state index contributed by atoms with van der Waals surface area (Å²) in [4.78, 5) is 20.3. The molecule has 1 aromatic carbocycles. The molecule has 0 aliphatic rings. The molecule has 0 bridgehead atoms. The Balaban J connectivity index is 1.53. The van der Waals surface area contributed by atoms with Crippen LogP contribution in [0.5, 0.6) is 17.4 Å². The zero-order chi connectivity index (χ0) is 20.1. The fourth-order valence-electron chi connectivity index (χ4n) is 2.83. The van der Waals surface area contributed by atoms with Gasteiger partial charge in [-0.2, -0.15) is 0 Å². The number of carbonyl (C=O) groups is 1. The molecule has 8 nitrogen and oxygen atoms in total. The number of nitrogens with zero attached hydrogens (tertiary/aromatic N) is 2. The number of ether oxygens (including phenoxy) is 3. The SMILES string of the molecule is COc1ccc(CCNC(=O)COc2ncnc3oc(C)c(C)c23)cc1OC. The van der Waals surface area contributed by atoms with Crippen LogP contribution in [0.2, 0.25) is 0 Å². The number of hydrogen-bond acceptors (Lipinski definition) is 7. The highest BCUT2D eigenvalue weighted by molar-refractivity contribution is 5.84. The number of fused-ring (bicyclic) bond motifs is 1. The van der Waals surface area contributed by atoms with Gasteiger partial charge in [-0.05, 0) is 38.0 Å². The largest absolute Gasteiger partial charge is 0.493 e. The van der Waals surface area contributed by atoms with Gasteiger partial charge in [0.25, 0.3) is 5.91 Å². The number of hydrogen-bond donors (Lipinski definition) is 1. The number of carbonyl (C=O) groups excluding carboxylic acids is 1. The summed E-state index contributed by atoms with van der Waals surface area (Å²) in [7, 11) is 3.18. The summed E-state index contributed by atoms with van der Waals surface area (Å²) >= 11 is 0. The molecule has 0 fully saturated rings. The molecule has 0 radical (unpaired) electrons. The molecular formula is C20H23N3O5. The Hall–Kier alpha value is -3.29. The van der Waals surface area contributed by atoms with E-state index in [1.54, 1.807) is 14.2 Å². The monoisotopic (exact) mass is 385 g/mol. The summed E-state index contributed by atoms with van der Waals surface area (Å²) in [5.74, 6) is 2.19. The molecule has 0 unspecified atom stereocenters. The highest BCUT2D eigenvalue weighted by Gasteiger charge is 2.15. The van der Waals surface area contributed by atoms with Crippen molar-refractivity contribution >= 4 is 17.0 Å². The Bertz CT molecular complexity index is 983. The smallest absolute Gasteiger partial charge is 0.258 e. The van der Waals surface area contributed by atoms with Crippen molar-refractivity contribution in [1.29, 1.82) is 0 Å². The molecule has 3 aromatic rings. The van der Waals surface area contributed by atoms with E-state index in [1.807, 2.05) is 32.0 Å². The van der Waals surface area contributed by atoms with Gasteiger partial charge in [-0.1, -0.05) is 6.07 Å². The van der Waals surface area contributed by atoms with Crippen molar-refractivity contribution in [3.8, 4) is 17.4 Å². The van der Waals surface area contributed by atoms with Gasteiger partial charge in [-0.25, -0.2) is 9.97 Å². The molecule has 8 heteroatoms. The number of methoxy groups -OCH3 is 2. The van der Waals surface area contributed by atoms with Gasteiger partial charge in [-0.15, -0.1) is 0 Å². The first-order chi connectivity index (χ1) is 13.5. The molecule has 2 aromatic heterocycles. The first-order valence-corrected chi connectivity index (χ1v) is 8.84. The Morgan fingerprint density at radius 3 is 2.68 bits per heavy atom. The molecule has 1 amide bonds. The lowest BCUT2D eigenvalue weighted by molar-refractivity contribution is -0.123. The van der Waals surface area contributed by atoms with Crippen LogP contribution in [0.3, 0.4) is 0 Å². The van der Waals surface area contributed by atoms with Gasteiger partial charge in [0.2, 0.25) is 11.6 Å². The number of furan rings is 1. The summed E-state index contributed by atoms with van der Waals surface area (Å²) in [5.41, 5.74) is 2.38. The maximum Gasteiger partial charge on any atom is 0.258 e. The first kappa shape index (κ1) is 19.5. The lowest BCUT2D eigenvalue weighted by Gasteiger charge is -2.10. The average molecular weight is 385 g/mol. The van der Waals surface area contributed by atoms with Crippen LogP contribution in [0.15, 0.2) is 28.9 Å². The number of aromatic nitrogens is 2. The number of rotatable bonds is 8. The fourth-order valence-corrected chi connectivity index (χ4v) is 2.83. The average Bonchev–Trinajstić information content (AvgIpc) is 3.00. The maximum atomic E-state index is 12.1. The molecule has 0 aliphatic heterocycles. The zero-order valence-electron chi connectivity index (χ0n) is 16.4. The standard InChI is InChI=1S/C20H23N3O5/c1-12-13(2)28-20-18(12)19(22-11-23-20)27-10-17(24)21-8-7-14-5-6-15(25-3)16(9-14)26-4/h5-6,9,11H,7-8,10H2,1-4H3,(H,21,24). The first-order valence-electron chi connectivity index (χ1n) is 8.84. The quantitative estimate of drug-likeness (QED) is 0.637. The van der Waals surface area contributed by atoms with Crippen molar-refractivity contribution in [1.82, 2.24) is 15.3 Å². The van der Waals surface area contributed by atoms with Crippen LogP contribution in [0.1, 0.15) is 16.9 Å². The lowest BCUT2D eigenvalue weighted by atomic mass is 10.1. The van der Waals surface area contributed by atoms with E-state index in [0.29, 0.717) is 41.4 Å². The van der Waals surface area contributed by atoms with E-state index in [9.17, 15) is 4.79 Å². The van der Waals surface area contributed by atoms with Crippen LogP contribution in [0.25, 0.3) is 11.1 Å². The fraction of sp³-hybridized carbons (Fsp3) is 0.350. The van der Waals surface area contributed by atoms with Gasteiger partial charge in [0.15, 0.2) is 18.1 Å². The molecule has 0 saturated heterocycles. The lowest BCUT2D eigenvalue weighted by Crippen LogP contribution is -2.30. The van der Waals surface area contributed by atoms with Crippen LogP contribution in [0.4, 0.5) is 0 Å². The van der Waals surface area contributed by atoms with Gasteiger partial charge in [0.1, 0.15) is 17.5 Å². The Kier molecular flexibility index (Phi) is 5.98. The molecule has 0 spiro atoms. The van der Waals surface area contributed by atoms with Gasteiger partial charge in [-0.3, -0.25) is 4.79 Å². The Morgan fingerprint density at radius 1 is 1.14 bits per heavy atom. The Morgan fingerprint density at radius 2 is 1.93 bits per heavy atom. The summed E-state index contributed by atoms with van der Waals surface area (Å²) in [6.45, 7) is 4.09. The van der Waals surface area contributed by atoms with Gasteiger partial charge >= 0.3 is 0 Å². The maximum absolute atomic E-state index is 12.1. The number of nitrogens with one attached hydrogen (secondary N) is 1. The molecule has 28 heavy (non-hydrogen) atoms.